The van der Waals surface area contributed by atoms with E-state index in [4.69, 9.17) is 4.74 Å². The van der Waals surface area contributed by atoms with E-state index in [2.05, 4.69) is 0 Å². The standard InChI is InChI=1S/C19H24FN3O2/c1-14(2)18(24)23-10-11-25-19(13-23)6-8-22(9-7-19)17-5-3-4-16(20)15(17)12-21/h3-5,14H,6-11,13H2,1-2H3. The minimum absolute atomic E-state index is 0.0132. The highest BCUT2D eigenvalue weighted by atomic mass is 19.1. The van der Waals surface area contributed by atoms with Crippen LogP contribution in [0.2, 0.25) is 0 Å². The van der Waals surface area contributed by atoms with Crippen molar-refractivity contribution in [1.82, 2.24) is 4.90 Å². The van der Waals surface area contributed by atoms with Gasteiger partial charge in [0.1, 0.15) is 17.4 Å². The quantitative estimate of drug-likeness (QED) is 0.827. The minimum Gasteiger partial charge on any atom is -0.371 e. The first-order valence-electron chi connectivity index (χ1n) is 8.82. The molecule has 25 heavy (non-hydrogen) atoms. The molecule has 134 valence electrons. The summed E-state index contributed by atoms with van der Waals surface area (Å²) in [7, 11) is 0. The molecule has 6 heteroatoms. The van der Waals surface area contributed by atoms with Crippen LogP contribution < -0.4 is 4.90 Å². The maximum absolute atomic E-state index is 13.9. The van der Waals surface area contributed by atoms with Gasteiger partial charge in [0, 0.05) is 32.1 Å². The molecule has 0 atom stereocenters. The second-order valence-electron chi connectivity index (χ2n) is 7.18. The largest absolute Gasteiger partial charge is 0.371 e. The third-order valence-corrected chi connectivity index (χ3v) is 5.17. The van der Waals surface area contributed by atoms with Crippen LogP contribution in [0.1, 0.15) is 32.3 Å². The third kappa shape index (κ3) is 3.47. The maximum atomic E-state index is 13.9. The highest BCUT2D eigenvalue weighted by molar-refractivity contribution is 5.78. The van der Waals surface area contributed by atoms with Crippen LogP contribution >= 0.6 is 0 Å². The van der Waals surface area contributed by atoms with Gasteiger partial charge in [-0.05, 0) is 25.0 Å². The summed E-state index contributed by atoms with van der Waals surface area (Å²) in [6, 6.07) is 6.70. The number of anilines is 1. The first kappa shape index (κ1) is 17.7. The van der Waals surface area contributed by atoms with Crippen LogP contribution in [0.25, 0.3) is 0 Å². The Labute approximate surface area is 148 Å². The first-order valence-corrected chi connectivity index (χ1v) is 8.82. The fourth-order valence-electron chi connectivity index (χ4n) is 3.74. The molecule has 0 aliphatic carbocycles. The number of rotatable bonds is 2. The molecule has 0 radical (unpaired) electrons. The summed E-state index contributed by atoms with van der Waals surface area (Å²) in [4.78, 5) is 16.3. The van der Waals surface area contributed by atoms with Crippen LogP contribution in [0.15, 0.2) is 18.2 Å². The van der Waals surface area contributed by atoms with Crippen molar-refractivity contribution in [2.75, 3.05) is 37.7 Å². The molecular weight excluding hydrogens is 321 g/mol. The summed E-state index contributed by atoms with van der Waals surface area (Å²) in [5.74, 6) is -0.328. The second-order valence-corrected chi connectivity index (χ2v) is 7.18. The van der Waals surface area contributed by atoms with E-state index in [0.717, 1.165) is 12.8 Å². The van der Waals surface area contributed by atoms with Gasteiger partial charge in [0.2, 0.25) is 5.91 Å². The van der Waals surface area contributed by atoms with Crippen molar-refractivity contribution in [3.05, 3.63) is 29.6 Å². The van der Waals surface area contributed by atoms with Gasteiger partial charge in [0.25, 0.3) is 0 Å². The lowest BCUT2D eigenvalue weighted by Gasteiger charge is -2.48. The fourth-order valence-corrected chi connectivity index (χ4v) is 3.74. The molecule has 1 aromatic carbocycles. The third-order valence-electron chi connectivity index (χ3n) is 5.17. The van der Waals surface area contributed by atoms with Crippen LogP contribution in [-0.4, -0.2) is 49.2 Å². The number of halogens is 1. The average Bonchev–Trinajstić information content (AvgIpc) is 2.61. The van der Waals surface area contributed by atoms with E-state index >= 15 is 0 Å². The molecule has 2 aliphatic heterocycles. The number of carbonyl (C=O) groups excluding carboxylic acids is 1. The van der Waals surface area contributed by atoms with E-state index in [1.165, 1.54) is 6.07 Å². The van der Waals surface area contributed by atoms with Crippen LogP contribution in [0, 0.1) is 23.1 Å². The lowest BCUT2D eigenvalue weighted by molar-refractivity contribution is -0.157. The van der Waals surface area contributed by atoms with E-state index in [0.29, 0.717) is 38.5 Å². The zero-order valence-electron chi connectivity index (χ0n) is 14.8. The van der Waals surface area contributed by atoms with Gasteiger partial charge in [-0.1, -0.05) is 19.9 Å². The lowest BCUT2D eigenvalue weighted by atomic mass is 9.88. The number of nitrogens with zero attached hydrogens (tertiary/aromatic N) is 3. The lowest BCUT2D eigenvalue weighted by Crippen LogP contribution is -2.58. The Morgan fingerprint density at radius 3 is 2.68 bits per heavy atom. The van der Waals surface area contributed by atoms with Gasteiger partial charge in [-0.15, -0.1) is 0 Å². The zero-order chi connectivity index (χ0) is 18.0. The Balaban J connectivity index is 1.71. The highest BCUT2D eigenvalue weighted by Gasteiger charge is 2.41. The Morgan fingerprint density at radius 2 is 2.04 bits per heavy atom. The van der Waals surface area contributed by atoms with Crippen molar-refractivity contribution >= 4 is 11.6 Å². The van der Waals surface area contributed by atoms with E-state index in [1.807, 2.05) is 29.7 Å². The maximum Gasteiger partial charge on any atom is 0.225 e. The number of hydrogen-bond acceptors (Lipinski definition) is 4. The Hall–Kier alpha value is -2.13. The number of benzene rings is 1. The Morgan fingerprint density at radius 1 is 1.32 bits per heavy atom. The van der Waals surface area contributed by atoms with Crippen molar-refractivity contribution < 1.29 is 13.9 Å². The molecule has 0 saturated carbocycles. The molecule has 0 aromatic heterocycles. The molecule has 2 fully saturated rings. The fraction of sp³-hybridized carbons (Fsp3) is 0.579. The minimum atomic E-state index is -0.483. The van der Waals surface area contributed by atoms with Crippen LogP contribution in [0.5, 0.6) is 0 Å². The summed E-state index contributed by atoms with van der Waals surface area (Å²) < 4.78 is 19.9. The predicted octanol–water partition coefficient (Wildman–Crippen LogP) is 2.55. The molecular formula is C19H24FN3O2. The molecule has 2 heterocycles. The Kier molecular flexibility index (Phi) is 4.96. The molecule has 1 spiro atoms. The zero-order valence-corrected chi connectivity index (χ0v) is 14.8. The number of ether oxygens (including phenoxy) is 1. The smallest absolute Gasteiger partial charge is 0.225 e. The van der Waals surface area contributed by atoms with E-state index in [1.54, 1.807) is 12.1 Å². The number of nitriles is 1. The van der Waals surface area contributed by atoms with Crippen LogP contribution in [0.4, 0.5) is 10.1 Å². The summed E-state index contributed by atoms with van der Waals surface area (Å²) in [6.45, 7) is 7.02. The van der Waals surface area contributed by atoms with Gasteiger partial charge in [0.05, 0.1) is 17.9 Å². The van der Waals surface area contributed by atoms with Crippen molar-refractivity contribution in [2.45, 2.75) is 32.3 Å². The molecule has 2 saturated heterocycles. The van der Waals surface area contributed by atoms with Gasteiger partial charge in [-0.3, -0.25) is 4.79 Å². The van der Waals surface area contributed by atoms with Gasteiger partial charge in [0.15, 0.2) is 0 Å². The first-order chi connectivity index (χ1) is 12.0. The SMILES string of the molecule is CC(C)C(=O)N1CCOC2(CCN(c3cccc(F)c3C#N)CC2)C1. The Bertz CT molecular complexity index is 690. The summed E-state index contributed by atoms with van der Waals surface area (Å²) in [6.07, 6.45) is 1.52. The molecule has 0 bridgehead atoms. The number of piperidine rings is 1. The van der Waals surface area contributed by atoms with Crippen molar-refractivity contribution in [1.29, 1.82) is 5.26 Å². The van der Waals surface area contributed by atoms with Gasteiger partial charge in [-0.2, -0.15) is 5.26 Å². The predicted molar refractivity (Wildman–Crippen MR) is 92.7 cm³/mol. The molecule has 0 N–H and O–H groups in total. The molecule has 3 rings (SSSR count). The normalized spacial score (nSPS) is 20.0. The number of hydrogen-bond donors (Lipinski definition) is 0. The molecule has 1 aromatic rings. The van der Waals surface area contributed by atoms with Gasteiger partial charge >= 0.3 is 0 Å². The van der Waals surface area contributed by atoms with Crippen molar-refractivity contribution in [2.24, 2.45) is 5.92 Å². The summed E-state index contributed by atoms with van der Waals surface area (Å²) >= 11 is 0. The number of amides is 1. The van der Waals surface area contributed by atoms with E-state index in [9.17, 15) is 14.4 Å². The number of morpholine rings is 1. The second kappa shape index (κ2) is 7.01. The van der Waals surface area contributed by atoms with Crippen LogP contribution in [-0.2, 0) is 9.53 Å². The number of carbonyl (C=O) groups is 1. The van der Waals surface area contributed by atoms with Crippen LogP contribution in [0.3, 0.4) is 0 Å². The van der Waals surface area contributed by atoms with Gasteiger partial charge in [-0.25, -0.2) is 4.39 Å². The molecule has 2 aliphatic rings. The monoisotopic (exact) mass is 345 g/mol. The highest BCUT2D eigenvalue weighted by Crippen LogP contribution is 2.34. The molecule has 0 unspecified atom stereocenters. The summed E-state index contributed by atoms with van der Waals surface area (Å²) in [5.41, 5.74) is 0.419. The summed E-state index contributed by atoms with van der Waals surface area (Å²) in [5, 5.41) is 9.23. The van der Waals surface area contributed by atoms with Crippen molar-refractivity contribution in [3.8, 4) is 6.07 Å². The molecule has 1 amide bonds. The average molecular weight is 345 g/mol. The molecule has 5 nitrogen and oxygen atoms in total. The van der Waals surface area contributed by atoms with E-state index in [-0.39, 0.29) is 23.0 Å². The topological polar surface area (TPSA) is 56.6 Å². The van der Waals surface area contributed by atoms with E-state index < -0.39 is 5.82 Å². The van der Waals surface area contributed by atoms with Gasteiger partial charge < -0.3 is 14.5 Å². The van der Waals surface area contributed by atoms with Crippen molar-refractivity contribution in [3.63, 3.8) is 0 Å².